The molecular weight excluding hydrogens is 249 g/mol. The maximum atomic E-state index is 12.4. The maximum absolute atomic E-state index is 12.4. The van der Waals surface area contributed by atoms with Crippen molar-refractivity contribution in [3.05, 3.63) is 47.9 Å². The number of hydrogen-bond acceptors (Lipinski definition) is 3. The molecule has 1 aromatic heterocycles. The van der Waals surface area contributed by atoms with Crippen molar-refractivity contribution in [1.29, 1.82) is 0 Å². The highest BCUT2D eigenvalue weighted by Crippen LogP contribution is 2.30. The largest absolute Gasteiger partial charge is 0.416 e. The van der Waals surface area contributed by atoms with Crippen molar-refractivity contribution < 1.29 is 22.5 Å². The highest BCUT2D eigenvalue weighted by molar-refractivity contribution is 6.03. The van der Waals surface area contributed by atoms with E-state index in [1.54, 1.807) is 0 Å². The third kappa shape index (κ3) is 2.68. The van der Waals surface area contributed by atoms with Crippen LogP contribution in [0.15, 0.2) is 41.2 Å². The zero-order valence-corrected chi connectivity index (χ0v) is 8.86. The van der Waals surface area contributed by atoms with Gasteiger partial charge < -0.3 is 9.84 Å². The Morgan fingerprint density at radius 3 is 2.72 bits per heavy atom. The number of aromatic nitrogens is 1. The first kappa shape index (κ1) is 12.2. The Labute approximate surface area is 99.4 Å². The van der Waals surface area contributed by atoms with Crippen LogP contribution in [0.5, 0.6) is 0 Å². The minimum Gasteiger partial charge on any atom is -0.364 e. The van der Waals surface area contributed by atoms with Crippen molar-refractivity contribution in [2.45, 2.75) is 6.18 Å². The summed E-state index contributed by atoms with van der Waals surface area (Å²) in [6, 6.07) is 4.35. The fourth-order valence-electron chi connectivity index (χ4n) is 1.29. The lowest BCUT2D eigenvalue weighted by atomic mass is 10.2. The van der Waals surface area contributed by atoms with Crippen molar-refractivity contribution in [2.24, 2.45) is 0 Å². The molecule has 0 spiro atoms. The predicted molar refractivity (Wildman–Crippen MR) is 55.9 cm³/mol. The number of carbonyl (C=O) groups excluding carboxylic acids is 1. The van der Waals surface area contributed by atoms with Crippen LogP contribution in [0.2, 0.25) is 0 Å². The molecule has 1 aromatic carbocycles. The minimum atomic E-state index is -4.45. The number of benzene rings is 1. The van der Waals surface area contributed by atoms with Gasteiger partial charge in [-0.15, -0.1) is 0 Å². The second-order valence-electron chi connectivity index (χ2n) is 3.45. The van der Waals surface area contributed by atoms with Crippen molar-refractivity contribution in [2.75, 3.05) is 5.32 Å². The first-order chi connectivity index (χ1) is 8.47. The Bertz CT molecular complexity index is 550. The summed E-state index contributed by atoms with van der Waals surface area (Å²) in [4.78, 5) is 11.5. The minimum absolute atomic E-state index is 0.0519. The molecule has 0 bridgehead atoms. The number of rotatable bonds is 2. The summed E-state index contributed by atoms with van der Waals surface area (Å²) in [6.07, 6.45) is -2.18. The number of alkyl halides is 3. The lowest BCUT2D eigenvalue weighted by Crippen LogP contribution is -2.12. The lowest BCUT2D eigenvalue weighted by Gasteiger charge is -2.09. The number of carbonyl (C=O) groups is 1. The summed E-state index contributed by atoms with van der Waals surface area (Å²) < 4.78 is 41.8. The van der Waals surface area contributed by atoms with Crippen LogP contribution >= 0.6 is 0 Å². The summed E-state index contributed by atoms with van der Waals surface area (Å²) in [7, 11) is 0. The first-order valence-electron chi connectivity index (χ1n) is 4.85. The SMILES string of the molecule is O=C(Nc1cccc(C(F)(F)F)c1)c1cnoc1. The highest BCUT2D eigenvalue weighted by atomic mass is 19.4. The third-order valence-corrected chi connectivity index (χ3v) is 2.14. The fourth-order valence-corrected chi connectivity index (χ4v) is 1.29. The summed E-state index contributed by atoms with van der Waals surface area (Å²) in [5.74, 6) is -0.587. The van der Waals surface area contributed by atoms with Crippen LogP contribution in [0.25, 0.3) is 0 Å². The number of halogens is 3. The monoisotopic (exact) mass is 256 g/mol. The third-order valence-electron chi connectivity index (χ3n) is 2.14. The van der Waals surface area contributed by atoms with Gasteiger partial charge in [0, 0.05) is 5.69 Å². The Kier molecular flexibility index (Phi) is 3.05. The van der Waals surface area contributed by atoms with E-state index in [0.29, 0.717) is 0 Å². The fraction of sp³-hybridized carbons (Fsp3) is 0.0909. The molecule has 94 valence electrons. The lowest BCUT2D eigenvalue weighted by molar-refractivity contribution is -0.137. The zero-order valence-electron chi connectivity index (χ0n) is 8.86. The van der Waals surface area contributed by atoms with E-state index in [1.807, 2.05) is 0 Å². The molecule has 0 aliphatic heterocycles. The average Bonchev–Trinajstić information content (AvgIpc) is 2.81. The number of amides is 1. The van der Waals surface area contributed by atoms with Gasteiger partial charge in [0.25, 0.3) is 5.91 Å². The molecule has 1 heterocycles. The van der Waals surface area contributed by atoms with E-state index in [-0.39, 0.29) is 11.3 Å². The van der Waals surface area contributed by atoms with Gasteiger partial charge in [0.2, 0.25) is 0 Å². The van der Waals surface area contributed by atoms with Gasteiger partial charge in [-0.3, -0.25) is 4.79 Å². The van der Waals surface area contributed by atoms with Gasteiger partial charge in [-0.05, 0) is 18.2 Å². The zero-order chi connectivity index (χ0) is 13.2. The van der Waals surface area contributed by atoms with Crippen molar-refractivity contribution in [3.8, 4) is 0 Å². The van der Waals surface area contributed by atoms with Gasteiger partial charge in [-0.1, -0.05) is 11.2 Å². The molecule has 0 unspecified atom stereocenters. The van der Waals surface area contributed by atoms with Crippen LogP contribution in [0.4, 0.5) is 18.9 Å². The van der Waals surface area contributed by atoms with Crippen LogP contribution in [0, 0.1) is 0 Å². The van der Waals surface area contributed by atoms with E-state index in [0.717, 1.165) is 18.4 Å². The van der Waals surface area contributed by atoms with Crippen LogP contribution in [-0.2, 0) is 6.18 Å². The van der Waals surface area contributed by atoms with E-state index in [9.17, 15) is 18.0 Å². The molecule has 4 nitrogen and oxygen atoms in total. The van der Waals surface area contributed by atoms with Gasteiger partial charge in [0.1, 0.15) is 6.26 Å². The molecule has 2 rings (SSSR count). The summed E-state index contributed by atoms with van der Waals surface area (Å²) in [5, 5.41) is 5.64. The molecule has 0 atom stereocenters. The molecule has 0 saturated carbocycles. The summed E-state index contributed by atoms with van der Waals surface area (Å²) in [6.45, 7) is 0. The standard InChI is InChI=1S/C11H7F3N2O2/c12-11(13,14)8-2-1-3-9(4-8)16-10(17)7-5-15-18-6-7/h1-6H,(H,16,17). The van der Waals surface area contributed by atoms with E-state index >= 15 is 0 Å². The Balaban J connectivity index is 2.18. The van der Waals surface area contributed by atoms with Gasteiger partial charge >= 0.3 is 6.18 Å². The Hall–Kier alpha value is -2.31. The second-order valence-corrected chi connectivity index (χ2v) is 3.45. The van der Waals surface area contributed by atoms with Gasteiger partial charge in [0.05, 0.1) is 17.3 Å². The smallest absolute Gasteiger partial charge is 0.364 e. The van der Waals surface area contributed by atoms with E-state index in [2.05, 4.69) is 15.0 Å². The second kappa shape index (κ2) is 4.52. The number of nitrogens with one attached hydrogen (secondary N) is 1. The van der Waals surface area contributed by atoms with E-state index < -0.39 is 17.6 Å². The van der Waals surface area contributed by atoms with Gasteiger partial charge in [-0.2, -0.15) is 13.2 Å². The van der Waals surface area contributed by atoms with Crippen LogP contribution in [0.3, 0.4) is 0 Å². The summed E-state index contributed by atoms with van der Waals surface area (Å²) in [5.41, 5.74) is -0.644. The topological polar surface area (TPSA) is 55.1 Å². The van der Waals surface area contributed by atoms with Crippen molar-refractivity contribution in [1.82, 2.24) is 5.16 Å². The highest BCUT2D eigenvalue weighted by Gasteiger charge is 2.30. The van der Waals surface area contributed by atoms with Gasteiger partial charge in [0.15, 0.2) is 0 Å². The molecule has 1 N–H and O–H groups in total. The molecule has 0 aliphatic rings. The van der Waals surface area contributed by atoms with Gasteiger partial charge in [-0.25, -0.2) is 0 Å². The molecule has 0 radical (unpaired) electrons. The van der Waals surface area contributed by atoms with Crippen LogP contribution in [-0.4, -0.2) is 11.1 Å². The van der Waals surface area contributed by atoms with Crippen molar-refractivity contribution in [3.63, 3.8) is 0 Å². The number of hydrogen-bond donors (Lipinski definition) is 1. The Morgan fingerprint density at radius 2 is 2.11 bits per heavy atom. The molecule has 0 fully saturated rings. The van der Waals surface area contributed by atoms with E-state index in [1.165, 1.54) is 18.3 Å². The molecule has 0 aliphatic carbocycles. The molecule has 0 saturated heterocycles. The normalized spacial score (nSPS) is 11.3. The van der Waals surface area contributed by atoms with Crippen LogP contribution < -0.4 is 5.32 Å². The summed E-state index contributed by atoms with van der Waals surface area (Å²) >= 11 is 0. The quantitative estimate of drug-likeness (QED) is 0.898. The van der Waals surface area contributed by atoms with E-state index in [4.69, 9.17) is 0 Å². The predicted octanol–water partition coefficient (Wildman–Crippen LogP) is 2.95. The average molecular weight is 256 g/mol. The molecule has 2 aromatic rings. The molecular formula is C11H7F3N2O2. The number of nitrogens with zero attached hydrogens (tertiary/aromatic N) is 1. The van der Waals surface area contributed by atoms with Crippen molar-refractivity contribution >= 4 is 11.6 Å². The Morgan fingerprint density at radius 1 is 1.33 bits per heavy atom. The molecule has 7 heteroatoms. The maximum Gasteiger partial charge on any atom is 0.416 e. The molecule has 1 amide bonds. The number of anilines is 1. The molecule has 18 heavy (non-hydrogen) atoms. The van der Waals surface area contributed by atoms with Crippen LogP contribution in [0.1, 0.15) is 15.9 Å². The first-order valence-corrected chi connectivity index (χ1v) is 4.85.